The second-order valence-electron chi connectivity index (χ2n) is 4.13. The summed E-state index contributed by atoms with van der Waals surface area (Å²) in [5.74, 6) is -0.173. The van der Waals surface area contributed by atoms with E-state index in [1.807, 2.05) is 12.1 Å². The van der Waals surface area contributed by atoms with Crippen LogP contribution < -0.4 is 10.6 Å². The van der Waals surface area contributed by atoms with Crippen LogP contribution in [0, 0.1) is 0 Å². The average Bonchev–Trinajstić information content (AvgIpc) is 2.98. The lowest BCUT2D eigenvalue weighted by atomic mass is 10.1. The minimum absolute atomic E-state index is 0.173. The molecule has 0 spiro atoms. The number of rotatable bonds is 5. The highest BCUT2D eigenvalue weighted by molar-refractivity contribution is 7.10. The number of hydrogen-bond acceptors (Lipinski definition) is 4. The van der Waals surface area contributed by atoms with Crippen LogP contribution in [0.3, 0.4) is 0 Å². The van der Waals surface area contributed by atoms with Crippen LogP contribution >= 0.6 is 11.3 Å². The molecular formula is C14H17N3OS. The minimum Gasteiger partial charge on any atom is -0.377 e. The summed E-state index contributed by atoms with van der Waals surface area (Å²) in [6.45, 7) is 2.14. The van der Waals surface area contributed by atoms with Gasteiger partial charge in [-0.2, -0.15) is 0 Å². The molecule has 0 aliphatic carbocycles. The zero-order valence-electron chi connectivity index (χ0n) is 11.0. The third kappa shape index (κ3) is 3.32. The van der Waals surface area contributed by atoms with Gasteiger partial charge in [0.05, 0.1) is 6.04 Å². The smallest absolute Gasteiger partial charge is 0.269 e. The number of pyridine rings is 1. The fourth-order valence-corrected chi connectivity index (χ4v) is 2.70. The van der Waals surface area contributed by atoms with E-state index in [4.69, 9.17) is 0 Å². The van der Waals surface area contributed by atoms with Gasteiger partial charge in [0, 0.05) is 23.8 Å². The number of aromatic nitrogens is 1. The van der Waals surface area contributed by atoms with Gasteiger partial charge in [0.2, 0.25) is 0 Å². The summed E-state index contributed by atoms with van der Waals surface area (Å²) in [5.41, 5.74) is 1.34. The summed E-state index contributed by atoms with van der Waals surface area (Å²) in [6.07, 6.45) is 2.63. The van der Waals surface area contributed by atoms with Crippen molar-refractivity contribution in [2.24, 2.45) is 0 Å². The second-order valence-corrected chi connectivity index (χ2v) is 5.11. The molecule has 2 N–H and O–H groups in total. The molecule has 0 fully saturated rings. The zero-order chi connectivity index (χ0) is 13.7. The molecule has 1 amide bonds. The quantitative estimate of drug-likeness (QED) is 0.881. The molecule has 2 aromatic heterocycles. The summed E-state index contributed by atoms with van der Waals surface area (Å²) in [6, 6.07) is 8.08. The van der Waals surface area contributed by atoms with Crippen molar-refractivity contribution in [3.63, 3.8) is 0 Å². The number of nitrogens with one attached hydrogen (secondary N) is 2. The van der Waals surface area contributed by atoms with Gasteiger partial charge in [-0.15, -0.1) is 11.3 Å². The Balaban J connectivity index is 2.16. The Morgan fingerprint density at radius 2 is 2.32 bits per heavy atom. The lowest BCUT2D eigenvalue weighted by molar-refractivity contribution is 0.0958. The monoisotopic (exact) mass is 275 g/mol. The maximum atomic E-state index is 11.6. The van der Waals surface area contributed by atoms with Crippen LogP contribution in [0.2, 0.25) is 0 Å². The molecule has 0 aliphatic rings. The van der Waals surface area contributed by atoms with Crippen molar-refractivity contribution in [1.29, 1.82) is 0 Å². The summed E-state index contributed by atoms with van der Waals surface area (Å²) in [4.78, 5) is 16.9. The summed E-state index contributed by atoms with van der Waals surface area (Å²) >= 11 is 1.73. The molecule has 0 saturated carbocycles. The maximum Gasteiger partial charge on any atom is 0.269 e. The summed E-state index contributed by atoms with van der Waals surface area (Å²) in [7, 11) is 1.60. The Morgan fingerprint density at radius 3 is 2.95 bits per heavy atom. The number of amides is 1. The highest BCUT2D eigenvalue weighted by atomic mass is 32.1. The number of carbonyl (C=O) groups is 1. The normalized spacial score (nSPS) is 11.9. The van der Waals surface area contributed by atoms with E-state index in [2.05, 4.69) is 34.0 Å². The maximum absolute atomic E-state index is 11.6. The Morgan fingerprint density at radius 1 is 1.47 bits per heavy atom. The average molecular weight is 275 g/mol. The first-order valence-electron chi connectivity index (χ1n) is 6.22. The zero-order valence-corrected chi connectivity index (χ0v) is 11.8. The van der Waals surface area contributed by atoms with E-state index in [9.17, 15) is 4.79 Å². The number of thiophene rings is 1. The van der Waals surface area contributed by atoms with Gasteiger partial charge in [-0.3, -0.25) is 9.78 Å². The van der Waals surface area contributed by atoms with Crippen molar-refractivity contribution < 1.29 is 4.79 Å². The summed E-state index contributed by atoms with van der Waals surface area (Å²) < 4.78 is 0. The van der Waals surface area contributed by atoms with Crippen molar-refractivity contribution in [1.82, 2.24) is 10.3 Å². The third-order valence-corrected chi connectivity index (χ3v) is 3.84. The molecule has 4 nitrogen and oxygen atoms in total. The predicted molar refractivity (Wildman–Crippen MR) is 78.6 cm³/mol. The van der Waals surface area contributed by atoms with E-state index in [0.717, 1.165) is 12.1 Å². The van der Waals surface area contributed by atoms with Gasteiger partial charge in [0.1, 0.15) is 5.69 Å². The molecule has 2 rings (SSSR count). The van der Waals surface area contributed by atoms with E-state index < -0.39 is 0 Å². The molecule has 100 valence electrons. The predicted octanol–water partition coefficient (Wildman–Crippen LogP) is 3.07. The van der Waals surface area contributed by atoms with Gasteiger partial charge in [0.25, 0.3) is 5.91 Å². The molecule has 0 aliphatic heterocycles. The fraction of sp³-hybridized carbons (Fsp3) is 0.286. The molecule has 0 aromatic carbocycles. The molecule has 1 atom stereocenters. The van der Waals surface area contributed by atoms with E-state index in [1.165, 1.54) is 4.88 Å². The SMILES string of the molecule is CCC(Nc1ccnc(C(=O)NC)c1)c1cccs1. The third-order valence-electron chi connectivity index (χ3n) is 2.86. The topological polar surface area (TPSA) is 54.0 Å². The second kappa shape index (κ2) is 6.33. The van der Waals surface area contributed by atoms with Gasteiger partial charge in [-0.05, 0) is 30.0 Å². The highest BCUT2D eigenvalue weighted by Crippen LogP contribution is 2.26. The van der Waals surface area contributed by atoms with E-state index in [-0.39, 0.29) is 11.9 Å². The van der Waals surface area contributed by atoms with E-state index in [1.54, 1.807) is 30.6 Å². The molecule has 2 aromatic rings. The lowest BCUT2D eigenvalue weighted by Crippen LogP contribution is -2.19. The number of hydrogen-bond donors (Lipinski definition) is 2. The van der Waals surface area contributed by atoms with Crippen LogP contribution in [0.5, 0.6) is 0 Å². The van der Waals surface area contributed by atoms with Crippen molar-refractivity contribution in [3.8, 4) is 0 Å². The first-order valence-corrected chi connectivity index (χ1v) is 7.10. The van der Waals surface area contributed by atoms with Crippen LogP contribution in [-0.4, -0.2) is 17.9 Å². The van der Waals surface area contributed by atoms with Crippen LogP contribution in [-0.2, 0) is 0 Å². The number of nitrogens with zero attached hydrogens (tertiary/aromatic N) is 1. The lowest BCUT2D eigenvalue weighted by Gasteiger charge is -2.17. The van der Waals surface area contributed by atoms with Crippen LogP contribution in [0.4, 0.5) is 5.69 Å². The van der Waals surface area contributed by atoms with Gasteiger partial charge in [0.15, 0.2) is 0 Å². The van der Waals surface area contributed by atoms with Gasteiger partial charge in [-0.25, -0.2) is 0 Å². The minimum atomic E-state index is -0.173. The van der Waals surface area contributed by atoms with E-state index in [0.29, 0.717) is 5.69 Å². The molecule has 19 heavy (non-hydrogen) atoms. The van der Waals surface area contributed by atoms with Gasteiger partial charge in [-0.1, -0.05) is 13.0 Å². The Kier molecular flexibility index (Phi) is 4.52. The molecule has 2 heterocycles. The molecule has 0 radical (unpaired) electrons. The van der Waals surface area contributed by atoms with Gasteiger partial charge >= 0.3 is 0 Å². The molecule has 0 bridgehead atoms. The van der Waals surface area contributed by atoms with Crippen molar-refractivity contribution in [2.45, 2.75) is 19.4 Å². The first-order chi connectivity index (χ1) is 9.24. The molecule has 5 heteroatoms. The van der Waals surface area contributed by atoms with Crippen molar-refractivity contribution in [2.75, 3.05) is 12.4 Å². The van der Waals surface area contributed by atoms with Crippen molar-refractivity contribution >= 4 is 22.9 Å². The van der Waals surface area contributed by atoms with Gasteiger partial charge < -0.3 is 10.6 Å². The Hall–Kier alpha value is -1.88. The standard InChI is InChI=1S/C14H17N3OS/c1-3-11(13-5-4-8-19-13)17-10-6-7-16-12(9-10)14(18)15-2/h4-9,11H,3H2,1-2H3,(H,15,18)(H,16,17). The molecular weight excluding hydrogens is 258 g/mol. The summed E-state index contributed by atoms with van der Waals surface area (Å²) in [5, 5.41) is 8.09. The fourth-order valence-electron chi connectivity index (χ4n) is 1.84. The number of anilines is 1. The van der Waals surface area contributed by atoms with Crippen LogP contribution in [0.1, 0.15) is 34.8 Å². The van der Waals surface area contributed by atoms with E-state index >= 15 is 0 Å². The Bertz CT molecular complexity index is 539. The molecule has 0 saturated heterocycles. The highest BCUT2D eigenvalue weighted by Gasteiger charge is 2.11. The van der Waals surface area contributed by atoms with Crippen LogP contribution in [0.15, 0.2) is 35.8 Å². The first kappa shape index (κ1) is 13.5. The van der Waals surface area contributed by atoms with Crippen molar-refractivity contribution in [3.05, 3.63) is 46.4 Å². The largest absolute Gasteiger partial charge is 0.377 e. The van der Waals surface area contributed by atoms with Crippen LogP contribution in [0.25, 0.3) is 0 Å². The Labute approximate surface area is 116 Å². The molecule has 1 unspecified atom stereocenters. The number of carbonyl (C=O) groups excluding carboxylic acids is 1.